The van der Waals surface area contributed by atoms with Crippen molar-refractivity contribution in [1.29, 1.82) is 0 Å². The normalized spacial score (nSPS) is 16.2. The fourth-order valence-electron chi connectivity index (χ4n) is 3.44. The largest absolute Gasteiger partial charge is 0.416 e. The van der Waals surface area contributed by atoms with Gasteiger partial charge in [-0.3, -0.25) is 9.78 Å². The smallest absolute Gasteiger partial charge is 0.376 e. The number of nitrogens with one attached hydrogen (secondary N) is 1. The van der Waals surface area contributed by atoms with Crippen LogP contribution in [0.3, 0.4) is 0 Å². The molecule has 0 saturated carbocycles. The lowest BCUT2D eigenvalue weighted by molar-refractivity contribution is -0.137. The molecular weight excluding hydrogens is 433 g/mol. The zero-order valence-electron chi connectivity index (χ0n) is 17.1. The van der Waals surface area contributed by atoms with Crippen LogP contribution in [0.25, 0.3) is 0 Å². The molecule has 1 aliphatic heterocycles. The lowest BCUT2D eigenvalue weighted by Crippen LogP contribution is -2.41. The number of carbonyl (C=O) groups is 1. The van der Waals surface area contributed by atoms with Crippen LogP contribution in [0.5, 0.6) is 0 Å². The number of pyridine rings is 1. The molecule has 1 aromatic heterocycles. The van der Waals surface area contributed by atoms with Gasteiger partial charge in [0.2, 0.25) is 15.9 Å². The number of halogens is 3. The summed E-state index contributed by atoms with van der Waals surface area (Å²) in [5.74, 6) is -0.939. The highest BCUT2D eigenvalue weighted by Gasteiger charge is 2.34. The lowest BCUT2D eigenvalue weighted by atomic mass is 9.97. The van der Waals surface area contributed by atoms with Gasteiger partial charge in [-0.15, -0.1) is 0 Å². The Bertz CT molecular complexity index is 1040. The molecule has 0 atom stereocenters. The molecule has 2 heterocycles. The van der Waals surface area contributed by atoms with E-state index in [2.05, 4.69) is 10.3 Å². The summed E-state index contributed by atoms with van der Waals surface area (Å²) in [7, 11) is -0.369. The van der Waals surface area contributed by atoms with E-state index in [9.17, 15) is 26.4 Å². The van der Waals surface area contributed by atoms with E-state index in [0.29, 0.717) is 5.69 Å². The Labute approximate surface area is 178 Å². The maximum atomic E-state index is 13.1. The minimum absolute atomic E-state index is 0.0650. The minimum atomic E-state index is -4.53. The molecule has 1 amide bonds. The number of aromatic nitrogens is 1. The van der Waals surface area contributed by atoms with Gasteiger partial charge in [-0.05, 0) is 43.2 Å². The second-order valence-electron chi connectivity index (χ2n) is 7.48. The van der Waals surface area contributed by atoms with E-state index >= 15 is 0 Å². The summed E-state index contributed by atoms with van der Waals surface area (Å²) in [6.07, 6.45) is -1.25. The van der Waals surface area contributed by atoms with Crippen molar-refractivity contribution in [2.45, 2.75) is 23.9 Å². The molecule has 7 nitrogen and oxygen atoms in total. The highest BCUT2D eigenvalue weighted by Crippen LogP contribution is 2.35. The fourth-order valence-corrected chi connectivity index (χ4v) is 4.88. The van der Waals surface area contributed by atoms with Crippen molar-refractivity contribution in [3.05, 3.63) is 48.3 Å². The molecule has 1 aromatic carbocycles. The van der Waals surface area contributed by atoms with Crippen LogP contribution in [0.4, 0.5) is 24.5 Å². The Kier molecular flexibility index (Phi) is 6.56. The van der Waals surface area contributed by atoms with Gasteiger partial charge in [0.15, 0.2) is 0 Å². The standard InChI is InChI=1S/C20H23F3N4O3S/c1-26(2)18-6-5-15(20(21,22)23)12-17(18)25-19(28)14-7-10-27(11-8-14)31(29,30)16-4-3-9-24-13-16/h3-6,9,12-14H,7-8,10-11H2,1-2H3,(H,25,28). The molecule has 3 rings (SSSR count). The molecule has 1 N–H and O–H groups in total. The van der Waals surface area contributed by atoms with Gasteiger partial charge in [0.25, 0.3) is 0 Å². The number of rotatable bonds is 5. The zero-order chi connectivity index (χ0) is 22.8. The Hall–Kier alpha value is -2.66. The van der Waals surface area contributed by atoms with Gasteiger partial charge in [0.05, 0.1) is 16.9 Å². The highest BCUT2D eigenvalue weighted by atomic mass is 32.2. The van der Waals surface area contributed by atoms with Crippen molar-refractivity contribution >= 4 is 27.3 Å². The molecular formula is C20H23F3N4O3S. The Balaban J connectivity index is 1.71. The van der Waals surface area contributed by atoms with Crippen LogP contribution >= 0.6 is 0 Å². The average molecular weight is 456 g/mol. The van der Waals surface area contributed by atoms with E-state index in [1.165, 1.54) is 34.9 Å². The third-order valence-electron chi connectivity index (χ3n) is 5.16. The Morgan fingerprint density at radius 2 is 1.87 bits per heavy atom. The van der Waals surface area contributed by atoms with E-state index in [1.54, 1.807) is 19.0 Å². The quantitative estimate of drug-likeness (QED) is 0.747. The maximum absolute atomic E-state index is 13.1. The Morgan fingerprint density at radius 1 is 1.19 bits per heavy atom. The van der Waals surface area contributed by atoms with E-state index in [-0.39, 0.29) is 36.5 Å². The van der Waals surface area contributed by atoms with E-state index in [0.717, 1.165) is 12.1 Å². The van der Waals surface area contributed by atoms with Crippen LogP contribution < -0.4 is 10.2 Å². The van der Waals surface area contributed by atoms with Gasteiger partial charge >= 0.3 is 6.18 Å². The van der Waals surface area contributed by atoms with Crippen molar-refractivity contribution in [2.24, 2.45) is 5.92 Å². The number of sulfonamides is 1. The summed E-state index contributed by atoms with van der Waals surface area (Å²) in [6.45, 7) is 0.275. The number of benzene rings is 1. The molecule has 31 heavy (non-hydrogen) atoms. The molecule has 0 bridgehead atoms. The summed E-state index contributed by atoms with van der Waals surface area (Å²) in [5, 5.41) is 2.60. The second-order valence-corrected chi connectivity index (χ2v) is 9.42. The number of nitrogens with zero attached hydrogens (tertiary/aromatic N) is 3. The summed E-state index contributed by atoms with van der Waals surface area (Å²) < 4.78 is 65.9. The predicted molar refractivity (Wildman–Crippen MR) is 110 cm³/mol. The van der Waals surface area contributed by atoms with Crippen molar-refractivity contribution in [1.82, 2.24) is 9.29 Å². The molecule has 0 spiro atoms. The van der Waals surface area contributed by atoms with Gasteiger partial charge in [-0.2, -0.15) is 17.5 Å². The van der Waals surface area contributed by atoms with Crippen LogP contribution in [-0.2, 0) is 21.0 Å². The third kappa shape index (κ3) is 5.16. The first-order chi connectivity index (χ1) is 14.5. The van der Waals surface area contributed by atoms with Crippen LogP contribution in [0.2, 0.25) is 0 Å². The second kappa shape index (κ2) is 8.83. The Morgan fingerprint density at radius 3 is 2.42 bits per heavy atom. The SMILES string of the molecule is CN(C)c1ccc(C(F)(F)F)cc1NC(=O)C1CCN(S(=O)(=O)c2cccnc2)CC1. The third-order valence-corrected chi connectivity index (χ3v) is 7.04. The first kappa shape index (κ1) is 23.0. The number of amides is 1. The van der Waals surface area contributed by atoms with Crippen molar-refractivity contribution in [3.63, 3.8) is 0 Å². The summed E-state index contributed by atoms with van der Waals surface area (Å²) >= 11 is 0. The minimum Gasteiger partial charge on any atom is -0.376 e. The fraction of sp³-hybridized carbons (Fsp3) is 0.400. The van der Waals surface area contributed by atoms with Gasteiger partial charge in [0.1, 0.15) is 4.90 Å². The van der Waals surface area contributed by atoms with Gasteiger partial charge in [-0.1, -0.05) is 0 Å². The van der Waals surface area contributed by atoms with Crippen LogP contribution in [0, 0.1) is 5.92 Å². The summed E-state index contributed by atoms with van der Waals surface area (Å²) in [6, 6.07) is 6.17. The number of anilines is 2. The number of piperidine rings is 1. The highest BCUT2D eigenvalue weighted by molar-refractivity contribution is 7.89. The first-order valence-electron chi connectivity index (χ1n) is 9.60. The average Bonchev–Trinajstić information content (AvgIpc) is 2.73. The van der Waals surface area contributed by atoms with Crippen molar-refractivity contribution < 1.29 is 26.4 Å². The summed E-state index contributed by atoms with van der Waals surface area (Å²) in [5.41, 5.74) is -0.348. The maximum Gasteiger partial charge on any atom is 0.416 e. The molecule has 11 heteroatoms. The number of alkyl halides is 3. The van der Waals surface area contributed by atoms with E-state index in [1.807, 2.05) is 0 Å². The van der Waals surface area contributed by atoms with Gasteiger partial charge in [0, 0.05) is 45.5 Å². The number of carbonyl (C=O) groups excluding carboxylic acids is 1. The monoisotopic (exact) mass is 456 g/mol. The molecule has 2 aromatic rings. The van der Waals surface area contributed by atoms with Crippen LogP contribution in [0.15, 0.2) is 47.6 Å². The molecule has 0 aliphatic carbocycles. The molecule has 1 aliphatic rings. The lowest BCUT2D eigenvalue weighted by Gasteiger charge is -2.30. The van der Waals surface area contributed by atoms with E-state index in [4.69, 9.17) is 0 Å². The molecule has 0 radical (unpaired) electrons. The van der Waals surface area contributed by atoms with E-state index < -0.39 is 33.6 Å². The predicted octanol–water partition coefficient (Wildman–Crippen LogP) is 3.21. The molecule has 168 valence electrons. The molecule has 0 unspecified atom stereocenters. The van der Waals surface area contributed by atoms with Crippen molar-refractivity contribution in [3.8, 4) is 0 Å². The topological polar surface area (TPSA) is 82.6 Å². The van der Waals surface area contributed by atoms with Gasteiger partial charge < -0.3 is 10.2 Å². The van der Waals surface area contributed by atoms with Crippen molar-refractivity contribution in [2.75, 3.05) is 37.4 Å². The summed E-state index contributed by atoms with van der Waals surface area (Å²) in [4.78, 5) is 18.3. The first-order valence-corrected chi connectivity index (χ1v) is 11.0. The number of hydrogen-bond donors (Lipinski definition) is 1. The number of hydrogen-bond acceptors (Lipinski definition) is 5. The van der Waals surface area contributed by atoms with Gasteiger partial charge in [-0.25, -0.2) is 8.42 Å². The zero-order valence-corrected chi connectivity index (χ0v) is 17.9. The molecule has 1 fully saturated rings. The molecule has 1 saturated heterocycles. The van der Waals surface area contributed by atoms with Crippen LogP contribution in [-0.4, -0.2) is 50.8 Å². The van der Waals surface area contributed by atoms with Crippen LogP contribution in [0.1, 0.15) is 18.4 Å².